The zero-order valence-electron chi connectivity index (χ0n) is 17.1. The SMILES string of the molecule is CC(C)C(COC(C)(C)CC(C)(C)CC[Si](Cl)(Cl)Cl)OCCOCCO. The van der Waals surface area contributed by atoms with Gasteiger partial charge in [0.2, 0.25) is 0 Å². The van der Waals surface area contributed by atoms with Gasteiger partial charge in [0, 0.05) is 0 Å². The van der Waals surface area contributed by atoms with Gasteiger partial charge in [-0.25, -0.2) is 0 Å². The lowest BCUT2D eigenvalue weighted by Crippen LogP contribution is -2.37. The molecule has 8 heteroatoms. The lowest BCUT2D eigenvalue weighted by atomic mass is 9.79. The maximum Gasteiger partial charge on any atom is 0.341 e. The second-order valence-electron chi connectivity index (χ2n) is 8.52. The molecule has 0 saturated carbocycles. The molecule has 1 atom stereocenters. The first-order valence-electron chi connectivity index (χ1n) is 9.29. The number of ether oxygens (including phenoxy) is 3. The molecule has 4 nitrogen and oxygen atoms in total. The fraction of sp³-hybridized carbons (Fsp3) is 1.00. The van der Waals surface area contributed by atoms with Crippen molar-refractivity contribution in [1.82, 2.24) is 0 Å². The van der Waals surface area contributed by atoms with Crippen LogP contribution in [0.15, 0.2) is 0 Å². The average Bonchev–Trinajstić information content (AvgIpc) is 2.46. The van der Waals surface area contributed by atoms with Gasteiger partial charge < -0.3 is 19.3 Å². The highest BCUT2D eigenvalue weighted by Crippen LogP contribution is 2.38. The second-order valence-corrected chi connectivity index (χ2v) is 17.8. The van der Waals surface area contributed by atoms with Crippen molar-refractivity contribution in [2.45, 2.75) is 72.1 Å². The van der Waals surface area contributed by atoms with Crippen molar-refractivity contribution in [3.05, 3.63) is 0 Å². The molecule has 0 aliphatic rings. The summed E-state index contributed by atoms with van der Waals surface area (Å²) in [5.41, 5.74) is -0.255. The van der Waals surface area contributed by atoms with E-state index in [1.54, 1.807) is 0 Å². The molecular formula is C18H37Cl3O4Si. The number of hydrogen-bond donors (Lipinski definition) is 1. The first-order valence-corrected chi connectivity index (χ1v) is 14.5. The minimum Gasteiger partial charge on any atom is -0.394 e. The summed E-state index contributed by atoms with van der Waals surface area (Å²) in [6.45, 7) is 14.7. The molecule has 0 heterocycles. The molecule has 26 heavy (non-hydrogen) atoms. The van der Waals surface area contributed by atoms with Gasteiger partial charge in [-0.2, -0.15) is 0 Å². The third kappa shape index (κ3) is 14.9. The van der Waals surface area contributed by atoms with Gasteiger partial charge in [-0.1, -0.05) is 27.7 Å². The highest BCUT2D eigenvalue weighted by atomic mass is 35.8. The molecule has 0 rings (SSSR count). The third-order valence-corrected chi connectivity index (χ3v) is 6.68. The standard InChI is InChI=1S/C18H37Cl3O4Si/c1-15(2)16(24-11-10-23-9-8-22)13-25-18(5,6)14-17(3,4)7-12-26(19,20)21/h15-16,22H,7-14H2,1-6H3. The average molecular weight is 452 g/mol. The molecule has 0 fully saturated rings. The smallest absolute Gasteiger partial charge is 0.341 e. The number of aliphatic hydroxyl groups is 1. The van der Waals surface area contributed by atoms with E-state index >= 15 is 0 Å². The molecule has 0 radical (unpaired) electrons. The van der Waals surface area contributed by atoms with Crippen molar-refractivity contribution in [3.8, 4) is 0 Å². The zero-order chi connectivity index (χ0) is 20.4. The minimum atomic E-state index is -2.59. The molecule has 0 spiro atoms. The van der Waals surface area contributed by atoms with Crippen LogP contribution in [0.5, 0.6) is 0 Å². The van der Waals surface area contributed by atoms with E-state index in [4.69, 9.17) is 52.6 Å². The molecule has 1 N–H and O–H groups in total. The highest BCUT2D eigenvalue weighted by Gasteiger charge is 2.34. The molecule has 0 amide bonds. The fourth-order valence-corrected chi connectivity index (χ4v) is 4.75. The predicted molar refractivity (Wildman–Crippen MR) is 114 cm³/mol. The van der Waals surface area contributed by atoms with Crippen LogP contribution in [0.1, 0.15) is 54.4 Å². The molecular weight excluding hydrogens is 415 g/mol. The molecule has 0 aliphatic heterocycles. The monoisotopic (exact) mass is 450 g/mol. The molecule has 0 saturated heterocycles. The summed E-state index contributed by atoms with van der Waals surface area (Å²) in [7, 11) is 0. The summed E-state index contributed by atoms with van der Waals surface area (Å²) in [5, 5.41) is 8.71. The predicted octanol–water partition coefficient (Wildman–Crippen LogP) is 5.29. The van der Waals surface area contributed by atoms with Gasteiger partial charge in [0.05, 0.1) is 44.7 Å². The van der Waals surface area contributed by atoms with Crippen LogP contribution in [0, 0.1) is 11.3 Å². The van der Waals surface area contributed by atoms with Crippen molar-refractivity contribution in [2.75, 3.05) is 33.0 Å². The Kier molecular flexibility index (Phi) is 12.9. The zero-order valence-corrected chi connectivity index (χ0v) is 20.4. The van der Waals surface area contributed by atoms with Gasteiger partial charge in [-0.3, -0.25) is 0 Å². The van der Waals surface area contributed by atoms with Crippen LogP contribution < -0.4 is 0 Å². The van der Waals surface area contributed by atoms with Crippen LogP contribution in [0.3, 0.4) is 0 Å². The van der Waals surface area contributed by atoms with Crippen LogP contribution in [-0.4, -0.2) is 55.8 Å². The first-order chi connectivity index (χ1) is 11.8. The highest BCUT2D eigenvalue weighted by molar-refractivity contribution is 7.64. The molecule has 0 aromatic rings. The van der Waals surface area contributed by atoms with Crippen molar-refractivity contribution in [3.63, 3.8) is 0 Å². The Morgan fingerprint density at radius 3 is 2.12 bits per heavy atom. The Morgan fingerprint density at radius 2 is 1.62 bits per heavy atom. The topological polar surface area (TPSA) is 47.9 Å². The van der Waals surface area contributed by atoms with Gasteiger partial charge in [-0.05, 0) is 44.1 Å². The van der Waals surface area contributed by atoms with E-state index in [-0.39, 0.29) is 23.7 Å². The lowest BCUT2D eigenvalue weighted by molar-refractivity contribution is -0.113. The summed E-state index contributed by atoms with van der Waals surface area (Å²) >= 11 is 18.1. The first kappa shape index (κ1) is 26.9. The van der Waals surface area contributed by atoms with Crippen molar-refractivity contribution < 1.29 is 19.3 Å². The Hall–Kier alpha value is 0.927. The third-order valence-electron chi connectivity index (χ3n) is 4.17. The summed E-state index contributed by atoms with van der Waals surface area (Å²) in [5.74, 6) is 0.340. The van der Waals surface area contributed by atoms with E-state index in [0.717, 1.165) is 12.8 Å². The minimum absolute atomic E-state index is 0.00342. The lowest BCUT2D eigenvalue weighted by Gasteiger charge is -2.37. The van der Waals surface area contributed by atoms with Crippen molar-refractivity contribution >= 4 is 39.2 Å². The van der Waals surface area contributed by atoms with Crippen LogP contribution in [0.4, 0.5) is 0 Å². The Labute approximate surface area is 174 Å². The van der Waals surface area contributed by atoms with Crippen LogP contribution in [0.2, 0.25) is 6.04 Å². The molecule has 0 aromatic heterocycles. The number of aliphatic hydroxyl groups excluding tert-OH is 1. The maximum absolute atomic E-state index is 8.71. The Balaban J connectivity index is 4.42. The number of rotatable bonds is 15. The van der Waals surface area contributed by atoms with E-state index in [0.29, 0.717) is 38.4 Å². The van der Waals surface area contributed by atoms with Crippen LogP contribution in [-0.2, 0) is 14.2 Å². The van der Waals surface area contributed by atoms with Crippen molar-refractivity contribution in [1.29, 1.82) is 0 Å². The van der Waals surface area contributed by atoms with Crippen molar-refractivity contribution in [2.24, 2.45) is 11.3 Å². The summed E-state index contributed by atoms with van der Waals surface area (Å²) in [4.78, 5) is 0. The quantitative estimate of drug-likeness (QED) is 0.209. The summed E-state index contributed by atoms with van der Waals surface area (Å²) < 4.78 is 17.3. The molecule has 1 unspecified atom stereocenters. The van der Waals surface area contributed by atoms with E-state index in [2.05, 4.69) is 41.5 Å². The number of hydrogen-bond acceptors (Lipinski definition) is 4. The maximum atomic E-state index is 8.71. The largest absolute Gasteiger partial charge is 0.394 e. The van der Waals surface area contributed by atoms with E-state index < -0.39 is 6.00 Å². The normalized spacial score (nSPS) is 14.9. The van der Waals surface area contributed by atoms with Crippen LogP contribution >= 0.6 is 33.2 Å². The van der Waals surface area contributed by atoms with E-state index in [1.165, 1.54) is 0 Å². The second kappa shape index (κ2) is 12.5. The van der Waals surface area contributed by atoms with Gasteiger partial charge >= 0.3 is 6.00 Å². The molecule has 0 aliphatic carbocycles. The van der Waals surface area contributed by atoms with E-state index in [1.807, 2.05) is 0 Å². The van der Waals surface area contributed by atoms with Gasteiger partial charge in [-0.15, -0.1) is 33.2 Å². The van der Waals surface area contributed by atoms with Gasteiger partial charge in [0.1, 0.15) is 0 Å². The Morgan fingerprint density at radius 1 is 1.00 bits per heavy atom. The fourth-order valence-electron chi connectivity index (χ4n) is 2.94. The molecule has 158 valence electrons. The summed E-state index contributed by atoms with van der Waals surface area (Å²) in [6, 6.07) is -1.93. The summed E-state index contributed by atoms with van der Waals surface area (Å²) in [6.07, 6.45) is 1.75. The molecule has 0 aromatic carbocycles. The van der Waals surface area contributed by atoms with Gasteiger partial charge in [0.25, 0.3) is 0 Å². The van der Waals surface area contributed by atoms with Gasteiger partial charge in [0.15, 0.2) is 0 Å². The molecule has 0 bridgehead atoms. The van der Waals surface area contributed by atoms with Crippen LogP contribution in [0.25, 0.3) is 0 Å². The number of halogens is 3. The van der Waals surface area contributed by atoms with E-state index in [9.17, 15) is 0 Å². The Bertz CT molecular complexity index is 374.